The summed E-state index contributed by atoms with van der Waals surface area (Å²) < 4.78 is 10.7. The fourth-order valence-corrected chi connectivity index (χ4v) is 3.64. The molecule has 1 aliphatic rings. The van der Waals surface area contributed by atoms with Crippen LogP contribution in [0.3, 0.4) is 0 Å². The molecule has 2 N–H and O–H groups in total. The molecule has 0 aliphatic carbocycles. The van der Waals surface area contributed by atoms with Gasteiger partial charge in [0.05, 0.1) is 20.3 Å². The van der Waals surface area contributed by atoms with Crippen molar-refractivity contribution in [1.29, 1.82) is 0 Å². The van der Waals surface area contributed by atoms with Gasteiger partial charge in [0.15, 0.2) is 5.75 Å². The van der Waals surface area contributed by atoms with Gasteiger partial charge in [0, 0.05) is 18.0 Å². The van der Waals surface area contributed by atoms with Crippen molar-refractivity contribution in [3.05, 3.63) is 57.5 Å². The van der Waals surface area contributed by atoms with E-state index in [9.17, 15) is 14.4 Å². The number of rotatable bonds is 8. The van der Waals surface area contributed by atoms with E-state index in [-0.39, 0.29) is 23.6 Å². The highest BCUT2D eigenvalue weighted by Gasteiger charge is 2.51. The highest BCUT2D eigenvalue weighted by molar-refractivity contribution is 6.07. The number of aromatic nitrogens is 1. The largest absolute Gasteiger partial charge is 0.496 e. The minimum absolute atomic E-state index is 0.0369. The lowest BCUT2D eigenvalue weighted by molar-refractivity contribution is -0.132. The Bertz CT molecular complexity index is 1020. The van der Waals surface area contributed by atoms with E-state index >= 15 is 0 Å². The van der Waals surface area contributed by atoms with Gasteiger partial charge in [-0.1, -0.05) is 19.9 Å². The molecular formula is C22H27N3O5. The summed E-state index contributed by atoms with van der Waals surface area (Å²) >= 11 is 0. The number of nitrogens with one attached hydrogen (secondary N) is 2. The average Bonchev–Trinajstić information content (AvgIpc) is 2.98. The molecule has 2 aromatic rings. The Hall–Kier alpha value is -3.29. The second kappa shape index (κ2) is 8.61. The summed E-state index contributed by atoms with van der Waals surface area (Å²) in [6.07, 6.45) is 2.64. The highest BCUT2D eigenvalue weighted by Crippen LogP contribution is 2.35. The number of urea groups is 1. The predicted molar refractivity (Wildman–Crippen MR) is 112 cm³/mol. The monoisotopic (exact) mass is 413 g/mol. The zero-order valence-corrected chi connectivity index (χ0v) is 17.7. The third-order valence-corrected chi connectivity index (χ3v) is 5.32. The molecule has 160 valence electrons. The summed E-state index contributed by atoms with van der Waals surface area (Å²) in [7, 11) is 1.58. The predicted octanol–water partition coefficient (Wildman–Crippen LogP) is 2.84. The Labute approximate surface area is 175 Å². The van der Waals surface area contributed by atoms with Gasteiger partial charge in [-0.15, -0.1) is 0 Å². The van der Waals surface area contributed by atoms with Crippen LogP contribution in [-0.4, -0.2) is 35.5 Å². The first-order valence-electron chi connectivity index (χ1n) is 10.00. The third-order valence-electron chi connectivity index (χ3n) is 5.32. The van der Waals surface area contributed by atoms with E-state index in [2.05, 4.69) is 10.3 Å². The maximum absolute atomic E-state index is 13.3. The van der Waals surface area contributed by atoms with Crippen LogP contribution in [0.4, 0.5) is 4.79 Å². The van der Waals surface area contributed by atoms with Gasteiger partial charge >= 0.3 is 6.03 Å². The summed E-state index contributed by atoms with van der Waals surface area (Å²) in [4.78, 5) is 42.3. The molecule has 30 heavy (non-hydrogen) atoms. The molecule has 3 amide bonds. The van der Waals surface area contributed by atoms with Crippen molar-refractivity contribution in [3.8, 4) is 11.5 Å². The molecule has 0 bridgehead atoms. The van der Waals surface area contributed by atoms with E-state index in [1.54, 1.807) is 19.2 Å². The molecule has 0 saturated carbocycles. The number of methoxy groups -OCH3 is 1. The third kappa shape index (κ3) is 3.77. The molecule has 1 aromatic carbocycles. The minimum atomic E-state index is -1.15. The molecule has 1 unspecified atom stereocenters. The summed E-state index contributed by atoms with van der Waals surface area (Å²) in [5.74, 6) is 0.572. The number of nitrogens with zero attached hydrogens (tertiary/aromatic N) is 1. The van der Waals surface area contributed by atoms with Crippen molar-refractivity contribution < 1.29 is 19.1 Å². The van der Waals surface area contributed by atoms with Gasteiger partial charge in [-0.2, -0.15) is 0 Å². The Kier molecular flexibility index (Phi) is 6.14. The van der Waals surface area contributed by atoms with Gasteiger partial charge in [-0.05, 0) is 43.0 Å². The van der Waals surface area contributed by atoms with Crippen LogP contribution in [0.15, 0.2) is 35.3 Å². The fourth-order valence-electron chi connectivity index (χ4n) is 3.64. The Morgan fingerprint density at radius 1 is 1.10 bits per heavy atom. The molecule has 1 saturated heterocycles. The van der Waals surface area contributed by atoms with Gasteiger partial charge < -0.3 is 19.8 Å². The number of aryl methyl sites for hydroxylation is 1. The van der Waals surface area contributed by atoms with Gasteiger partial charge in [0.2, 0.25) is 5.43 Å². The van der Waals surface area contributed by atoms with Crippen LogP contribution in [0.1, 0.15) is 43.5 Å². The van der Waals surface area contributed by atoms with E-state index in [1.807, 2.05) is 26.8 Å². The lowest BCUT2D eigenvalue weighted by atomic mass is 9.86. The van der Waals surface area contributed by atoms with Gasteiger partial charge in [-0.25, -0.2) is 4.79 Å². The van der Waals surface area contributed by atoms with Gasteiger partial charge in [0.25, 0.3) is 5.91 Å². The number of carbonyl (C=O) groups is 2. The number of hydrogen-bond acceptors (Lipinski definition) is 5. The van der Waals surface area contributed by atoms with E-state index in [1.165, 1.54) is 12.3 Å². The molecule has 1 fully saturated rings. The lowest BCUT2D eigenvalue weighted by Crippen LogP contribution is -2.43. The molecule has 1 atom stereocenters. The van der Waals surface area contributed by atoms with Crippen molar-refractivity contribution in [2.45, 2.75) is 45.7 Å². The number of ether oxygens (including phenoxy) is 2. The first kappa shape index (κ1) is 21.4. The normalized spacial score (nSPS) is 18.5. The topological polar surface area (TPSA) is 101 Å². The van der Waals surface area contributed by atoms with Gasteiger partial charge in [-0.3, -0.25) is 14.5 Å². The van der Waals surface area contributed by atoms with Crippen LogP contribution < -0.4 is 20.2 Å². The zero-order chi connectivity index (χ0) is 21.9. The molecule has 3 rings (SSSR count). The molecule has 0 spiro atoms. The molecule has 8 nitrogen and oxygen atoms in total. The average molecular weight is 413 g/mol. The molecule has 8 heteroatoms. The quantitative estimate of drug-likeness (QED) is 0.648. The minimum Gasteiger partial charge on any atom is -0.496 e. The Balaban J connectivity index is 1.87. The summed E-state index contributed by atoms with van der Waals surface area (Å²) in [5.41, 5.74) is 0.566. The Morgan fingerprint density at radius 3 is 2.47 bits per heavy atom. The van der Waals surface area contributed by atoms with Crippen LogP contribution in [0.5, 0.6) is 11.5 Å². The van der Waals surface area contributed by atoms with E-state index in [0.29, 0.717) is 30.0 Å². The zero-order valence-electron chi connectivity index (χ0n) is 17.7. The fraction of sp³-hybridized carbons (Fsp3) is 0.409. The second-order valence-corrected chi connectivity index (χ2v) is 7.30. The van der Waals surface area contributed by atoms with E-state index in [0.717, 1.165) is 16.9 Å². The number of benzene rings is 1. The first-order chi connectivity index (χ1) is 14.4. The molecular weight excluding hydrogens is 386 g/mol. The molecule has 1 aliphatic heterocycles. The van der Waals surface area contributed by atoms with Gasteiger partial charge in [0.1, 0.15) is 11.3 Å². The second-order valence-electron chi connectivity index (χ2n) is 7.30. The number of amides is 3. The molecule has 0 radical (unpaired) electrons. The molecule has 1 aromatic heterocycles. The van der Waals surface area contributed by atoms with Crippen LogP contribution in [0.25, 0.3) is 0 Å². The van der Waals surface area contributed by atoms with Crippen molar-refractivity contribution in [2.24, 2.45) is 0 Å². The Morgan fingerprint density at radius 2 is 1.87 bits per heavy atom. The maximum atomic E-state index is 13.3. The first-order valence-corrected chi connectivity index (χ1v) is 10.00. The smallest absolute Gasteiger partial charge is 0.325 e. The maximum Gasteiger partial charge on any atom is 0.325 e. The van der Waals surface area contributed by atoms with Crippen LogP contribution >= 0.6 is 0 Å². The number of H-pyrrole nitrogens is 1. The van der Waals surface area contributed by atoms with Crippen LogP contribution in [0, 0.1) is 6.92 Å². The van der Waals surface area contributed by atoms with Crippen molar-refractivity contribution >= 4 is 11.9 Å². The summed E-state index contributed by atoms with van der Waals surface area (Å²) in [6.45, 7) is 6.09. The van der Waals surface area contributed by atoms with Crippen molar-refractivity contribution in [3.63, 3.8) is 0 Å². The number of carbonyl (C=O) groups excluding carboxylic acids is 2. The van der Waals surface area contributed by atoms with Crippen LogP contribution in [0.2, 0.25) is 0 Å². The van der Waals surface area contributed by atoms with Crippen molar-refractivity contribution in [1.82, 2.24) is 15.2 Å². The number of aromatic amines is 1. The van der Waals surface area contributed by atoms with E-state index < -0.39 is 11.6 Å². The van der Waals surface area contributed by atoms with E-state index in [4.69, 9.17) is 9.47 Å². The SMILES string of the molecule is CCCOc1c[nH]c(CN2C(=O)NC(CC)(c3ccc(OC)c(C)c3)C2=O)cc1=O. The number of pyridine rings is 1. The summed E-state index contributed by atoms with van der Waals surface area (Å²) in [5, 5.41) is 2.85. The van der Waals surface area contributed by atoms with Crippen molar-refractivity contribution in [2.75, 3.05) is 13.7 Å². The summed E-state index contributed by atoms with van der Waals surface area (Å²) in [6, 6.07) is 6.29. The van der Waals surface area contributed by atoms with Crippen LogP contribution in [-0.2, 0) is 16.9 Å². The lowest BCUT2D eigenvalue weighted by Gasteiger charge is -2.26. The standard InChI is InChI=1S/C22H27N3O5/c1-5-9-30-19-12-23-16(11-17(19)26)13-25-20(27)22(6-2,24-21(25)28)15-7-8-18(29-4)14(3)10-15/h7-8,10-12H,5-6,9,13H2,1-4H3,(H,23,26)(H,24,28). The highest BCUT2D eigenvalue weighted by atomic mass is 16.5. The number of imide groups is 1. The molecule has 2 heterocycles. The number of hydrogen-bond donors (Lipinski definition) is 2.